The fraction of sp³-hybridized carbons (Fsp3) is 0.294. The molecule has 2 aromatic rings. The molecule has 1 amide bonds. The van der Waals surface area contributed by atoms with Crippen molar-refractivity contribution < 1.29 is 4.79 Å². The van der Waals surface area contributed by atoms with E-state index >= 15 is 0 Å². The van der Waals surface area contributed by atoms with Crippen molar-refractivity contribution in [3.05, 3.63) is 54.2 Å². The summed E-state index contributed by atoms with van der Waals surface area (Å²) in [6.07, 6.45) is 5.24. The molecule has 4 heteroatoms. The lowest BCUT2D eigenvalue weighted by Gasteiger charge is -2.07. The minimum atomic E-state index is -0.124. The molecule has 0 spiro atoms. The number of carbonyl (C=O) groups is 1. The molecule has 2 rings (SSSR count). The molecule has 1 aromatic heterocycles. The zero-order chi connectivity index (χ0) is 14.9. The SMILES string of the molecule is CCCCCNc1ccc(NC(=O)c2ccccc2)cn1. The lowest BCUT2D eigenvalue weighted by Crippen LogP contribution is -2.12. The Morgan fingerprint density at radius 1 is 1.10 bits per heavy atom. The maximum Gasteiger partial charge on any atom is 0.255 e. The predicted molar refractivity (Wildman–Crippen MR) is 86.6 cm³/mol. The Balaban J connectivity index is 1.86. The van der Waals surface area contributed by atoms with Gasteiger partial charge in [-0.1, -0.05) is 38.0 Å². The standard InChI is InChI=1S/C17H21N3O/c1-2-3-7-12-18-16-11-10-15(13-19-16)20-17(21)14-8-5-4-6-9-14/h4-6,8-11,13H,2-3,7,12H2,1H3,(H,18,19)(H,20,21). The van der Waals surface area contributed by atoms with Gasteiger partial charge in [0.1, 0.15) is 5.82 Å². The highest BCUT2D eigenvalue weighted by molar-refractivity contribution is 6.04. The molecular formula is C17H21N3O. The molecule has 110 valence electrons. The van der Waals surface area contributed by atoms with Gasteiger partial charge in [0.2, 0.25) is 0 Å². The highest BCUT2D eigenvalue weighted by Gasteiger charge is 2.05. The fourth-order valence-electron chi connectivity index (χ4n) is 1.96. The van der Waals surface area contributed by atoms with E-state index in [4.69, 9.17) is 0 Å². The summed E-state index contributed by atoms with van der Waals surface area (Å²) in [6, 6.07) is 12.9. The van der Waals surface area contributed by atoms with Crippen molar-refractivity contribution in [2.75, 3.05) is 17.2 Å². The van der Waals surface area contributed by atoms with E-state index in [0.29, 0.717) is 11.3 Å². The molecule has 0 fully saturated rings. The van der Waals surface area contributed by atoms with Crippen molar-refractivity contribution >= 4 is 17.4 Å². The maximum atomic E-state index is 12.0. The molecule has 2 N–H and O–H groups in total. The summed E-state index contributed by atoms with van der Waals surface area (Å²) in [7, 11) is 0. The van der Waals surface area contributed by atoms with Crippen LogP contribution in [0, 0.1) is 0 Å². The molecule has 0 aliphatic heterocycles. The van der Waals surface area contributed by atoms with Crippen molar-refractivity contribution in [3.8, 4) is 0 Å². The Morgan fingerprint density at radius 3 is 2.57 bits per heavy atom. The van der Waals surface area contributed by atoms with Gasteiger partial charge in [0.25, 0.3) is 5.91 Å². The number of nitrogens with one attached hydrogen (secondary N) is 2. The lowest BCUT2D eigenvalue weighted by atomic mass is 10.2. The van der Waals surface area contributed by atoms with Crippen LogP contribution in [0.5, 0.6) is 0 Å². The van der Waals surface area contributed by atoms with Crippen LogP contribution in [-0.2, 0) is 0 Å². The van der Waals surface area contributed by atoms with Gasteiger partial charge in [-0.2, -0.15) is 0 Å². The quantitative estimate of drug-likeness (QED) is 0.757. The van der Waals surface area contributed by atoms with E-state index in [-0.39, 0.29) is 5.91 Å². The number of benzene rings is 1. The molecule has 1 aromatic carbocycles. The third-order valence-corrected chi connectivity index (χ3v) is 3.14. The van der Waals surface area contributed by atoms with E-state index in [9.17, 15) is 4.79 Å². The second-order valence-corrected chi connectivity index (χ2v) is 4.89. The van der Waals surface area contributed by atoms with Gasteiger partial charge in [0.05, 0.1) is 11.9 Å². The van der Waals surface area contributed by atoms with Gasteiger partial charge in [0.15, 0.2) is 0 Å². The normalized spacial score (nSPS) is 10.1. The minimum Gasteiger partial charge on any atom is -0.370 e. The first-order valence-electron chi connectivity index (χ1n) is 7.36. The number of hydrogen-bond acceptors (Lipinski definition) is 3. The summed E-state index contributed by atoms with van der Waals surface area (Å²) < 4.78 is 0. The third-order valence-electron chi connectivity index (χ3n) is 3.14. The predicted octanol–water partition coefficient (Wildman–Crippen LogP) is 3.94. The van der Waals surface area contributed by atoms with Crippen molar-refractivity contribution in [1.82, 2.24) is 4.98 Å². The Labute approximate surface area is 125 Å². The van der Waals surface area contributed by atoms with Gasteiger partial charge in [-0.3, -0.25) is 4.79 Å². The maximum absolute atomic E-state index is 12.0. The van der Waals surface area contributed by atoms with Gasteiger partial charge in [0, 0.05) is 12.1 Å². The third kappa shape index (κ3) is 4.91. The zero-order valence-corrected chi connectivity index (χ0v) is 12.3. The summed E-state index contributed by atoms with van der Waals surface area (Å²) in [6.45, 7) is 3.11. The van der Waals surface area contributed by atoms with Crippen LogP contribution < -0.4 is 10.6 Å². The molecule has 0 aliphatic rings. The molecule has 0 atom stereocenters. The first-order valence-corrected chi connectivity index (χ1v) is 7.36. The minimum absolute atomic E-state index is 0.124. The molecule has 1 heterocycles. The van der Waals surface area contributed by atoms with Gasteiger partial charge in [-0.05, 0) is 30.7 Å². The van der Waals surface area contributed by atoms with Gasteiger partial charge in [-0.15, -0.1) is 0 Å². The monoisotopic (exact) mass is 283 g/mol. The molecule has 0 aliphatic carbocycles. The van der Waals surface area contributed by atoms with E-state index in [1.165, 1.54) is 12.8 Å². The number of carbonyl (C=O) groups excluding carboxylic acids is 1. The zero-order valence-electron chi connectivity index (χ0n) is 12.3. The van der Waals surface area contributed by atoms with Crippen LogP contribution in [0.25, 0.3) is 0 Å². The number of nitrogens with zero attached hydrogens (tertiary/aromatic N) is 1. The van der Waals surface area contributed by atoms with E-state index in [1.54, 1.807) is 18.3 Å². The van der Waals surface area contributed by atoms with E-state index in [0.717, 1.165) is 18.8 Å². The molecule has 0 saturated carbocycles. The van der Waals surface area contributed by atoms with Crippen molar-refractivity contribution in [2.45, 2.75) is 26.2 Å². The van der Waals surface area contributed by atoms with Crippen LogP contribution in [0.1, 0.15) is 36.5 Å². The number of rotatable bonds is 7. The smallest absolute Gasteiger partial charge is 0.255 e. The van der Waals surface area contributed by atoms with Gasteiger partial charge in [-0.25, -0.2) is 4.98 Å². The fourth-order valence-corrected chi connectivity index (χ4v) is 1.96. The summed E-state index contributed by atoms with van der Waals surface area (Å²) in [5.74, 6) is 0.713. The number of amides is 1. The molecule has 21 heavy (non-hydrogen) atoms. The second kappa shape index (κ2) is 8.04. The number of aromatic nitrogens is 1. The number of unbranched alkanes of at least 4 members (excludes halogenated alkanes) is 2. The van der Waals surface area contributed by atoms with Crippen LogP contribution in [0.2, 0.25) is 0 Å². The summed E-state index contributed by atoms with van der Waals surface area (Å²) in [5, 5.41) is 6.10. The number of pyridine rings is 1. The van der Waals surface area contributed by atoms with Crippen LogP contribution in [0.3, 0.4) is 0 Å². The molecule has 0 saturated heterocycles. The second-order valence-electron chi connectivity index (χ2n) is 4.89. The van der Waals surface area contributed by atoms with E-state index < -0.39 is 0 Å². The largest absolute Gasteiger partial charge is 0.370 e. The number of hydrogen-bond donors (Lipinski definition) is 2. The Bertz CT molecular complexity index is 552. The Kier molecular flexibility index (Phi) is 5.76. The first kappa shape index (κ1) is 15.0. The average Bonchev–Trinajstić information content (AvgIpc) is 2.54. The molecule has 0 radical (unpaired) electrons. The highest BCUT2D eigenvalue weighted by Crippen LogP contribution is 2.11. The van der Waals surface area contributed by atoms with Crippen molar-refractivity contribution in [1.29, 1.82) is 0 Å². The van der Waals surface area contributed by atoms with Crippen LogP contribution in [-0.4, -0.2) is 17.4 Å². The summed E-state index contributed by atoms with van der Waals surface area (Å²) >= 11 is 0. The van der Waals surface area contributed by atoms with Crippen LogP contribution in [0.4, 0.5) is 11.5 Å². The van der Waals surface area contributed by atoms with Crippen molar-refractivity contribution in [3.63, 3.8) is 0 Å². The molecule has 4 nitrogen and oxygen atoms in total. The van der Waals surface area contributed by atoms with Crippen molar-refractivity contribution in [2.24, 2.45) is 0 Å². The molecule has 0 unspecified atom stereocenters. The van der Waals surface area contributed by atoms with Crippen LogP contribution >= 0.6 is 0 Å². The Hall–Kier alpha value is -2.36. The lowest BCUT2D eigenvalue weighted by molar-refractivity contribution is 0.102. The molecule has 0 bridgehead atoms. The van der Waals surface area contributed by atoms with Crippen LogP contribution in [0.15, 0.2) is 48.7 Å². The van der Waals surface area contributed by atoms with Gasteiger partial charge < -0.3 is 10.6 Å². The average molecular weight is 283 g/mol. The number of anilines is 2. The van der Waals surface area contributed by atoms with E-state index in [2.05, 4.69) is 22.5 Å². The highest BCUT2D eigenvalue weighted by atomic mass is 16.1. The van der Waals surface area contributed by atoms with E-state index in [1.807, 2.05) is 30.3 Å². The first-order chi connectivity index (χ1) is 10.3. The summed E-state index contributed by atoms with van der Waals surface area (Å²) in [4.78, 5) is 16.3. The topological polar surface area (TPSA) is 54.0 Å². The Morgan fingerprint density at radius 2 is 1.90 bits per heavy atom. The summed E-state index contributed by atoms with van der Waals surface area (Å²) in [5.41, 5.74) is 1.34. The van der Waals surface area contributed by atoms with Gasteiger partial charge >= 0.3 is 0 Å². The molecular weight excluding hydrogens is 262 g/mol.